The van der Waals surface area contributed by atoms with Gasteiger partial charge < -0.3 is 5.32 Å². The highest BCUT2D eigenvalue weighted by atomic mass is 35.5. The van der Waals surface area contributed by atoms with Crippen molar-refractivity contribution >= 4 is 58.0 Å². The Bertz CT molecular complexity index is 1620. The van der Waals surface area contributed by atoms with Crippen molar-refractivity contribution in [2.45, 2.75) is 43.1 Å². The molecule has 1 aliphatic carbocycles. The van der Waals surface area contributed by atoms with Gasteiger partial charge in [-0.2, -0.15) is 13.2 Å². The Kier molecular flexibility index (Phi) is 8.75. The molecule has 4 rings (SSSR count). The first-order chi connectivity index (χ1) is 19.4. The van der Waals surface area contributed by atoms with E-state index in [2.05, 4.69) is 5.32 Å². The Morgan fingerprint density at radius 2 is 1.52 bits per heavy atom. The summed E-state index contributed by atoms with van der Waals surface area (Å²) in [5, 5.41) is 2.52. The number of Topliss-reactive ketones (excluding diaryl/α,β-unsaturated/α-hetero) is 2. The number of carbonyl (C=O) groups excluding carboxylic acids is 3. The van der Waals surface area contributed by atoms with E-state index in [-0.39, 0.29) is 45.2 Å². The summed E-state index contributed by atoms with van der Waals surface area (Å²) in [6.07, 6.45) is -5.82. The van der Waals surface area contributed by atoms with E-state index in [0.29, 0.717) is 23.8 Å². The number of benzene rings is 3. The van der Waals surface area contributed by atoms with E-state index in [9.17, 15) is 40.7 Å². The molecule has 4 nitrogen and oxygen atoms in total. The number of rotatable bonds is 8. The molecule has 222 valence electrons. The number of hydrogen-bond acceptors (Lipinski definition) is 3. The van der Waals surface area contributed by atoms with Crippen LogP contribution in [0, 0.1) is 30.3 Å². The zero-order valence-electron chi connectivity index (χ0n) is 21.7. The molecule has 0 radical (unpaired) electrons. The van der Waals surface area contributed by atoms with Crippen molar-refractivity contribution in [2.24, 2.45) is 5.92 Å². The minimum Gasteiger partial charge on any atom is -0.326 e. The predicted octanol–water partition coefficient (Wildman–Crippen LogP) is 8.17. The number of anilines is 1. The van der Waals surface area contributed by atoms with Gasteiger partial charge in [0.15, 0.2) is 5.78 Å². The van der Waals surface area contributed by atoms with Gasteiger partial charge in [0.05, 0.1) is 16.5 Å². The molecule has 0 bridgehead atoms. The maximum atomic E-state index is 14.5. The quantitative estimate of drug-likeness (QED) is 0.152. The lowest BCUT2D eigenvalue weighted by molar-refractivity contribution is -0.140. The number of aryl methyl sites for hydroxylation is 1. The molecular weight excluding hydrogens is 631 g/mol. The first-order valence-corrected chi connectivity index (χ1v) is 13.4. The standard InChI is InChI=1S/C29H20Cl3F6NO3/c1-12-5-17(10-18(26(12)30)23(41)9-16-7-15(6-13(2)40)21(34)11-22(16)35)39-27(42)25-24(28(25,31)32)14-3-4-20(33)19(8-14)29(36,37)38/h3-5,7-8,10-11,24-25H,6,9H2,1-2H3,(H,39,42)/t24-,25+/m0/s1. The fraction of sp³-hybridized carbons (Fsp3) is 0.276. The Balaban J connectivity index is 1.57. The van der Waals surface area contributed by atoms with Crippen molar-refractivity contribution in [1.29, 1.82) is 0 Å². The Hall–Kier alpha value is -3.08. The Morgan fingerprint density at radius 1 is 0.905 bits per heavy atom. The van der Waals surface area contributed by atoms with E-state index in [0.717, 1.165) is 12.1 Å². The summed E-state index contributed by atoms with van der Waals surface area (Å²) in [5.41, 5.74) is -1.57. The van der Waals surface area contributed by atoms with Crippen LogP contribution in [0.2, 0.25) is 5.02 Å². The van der Waals surface area contributed by atoms with Gasteiger partial charge in [0.1, 0.15) is 27.6 Å². The molecule has 0 spiro atoms. The summed E-state index contributed by atoms with van der Waals surface area (Å²) in [5.74, 6) is -7.58. The zero-order valence-corrected chi connectivity index (χ0v) is 24.0. The summed E-state index contributed by atoms with van der Waals surface area (Å²) in [4.78, 5) is 37.6. The predicted molar refractivity (Wildman–Crippen MR) is 146 cm³/mol. The van der Waals surface area contributed by atoms with Crippen molar-refractivity contribution < 1.29 is 40.7 Å². The minimum absolute atomic E-state index is 0.00352. The number of nitrogens with one attached hydrogen (secondary N) is 1. The van der Waals surface area contributed by atoms with Gasteiger partial charge in [-0.1, -0.05) is 17.7 Å². The molecule has 1 fully saturated rings. The molecule has 42 heavy (non-hydrogen) atoms. The molecular formula is C29H20Cl3F6NO3. The second-order valence-corrected chi connectivity index (χ2v) is 11.8. The van der Waals surface area contributed by atoms with Gasteiger partial charge in [-0.25, -0.2) is 13.2 Å². The van der Waals surface area contributed by atoms with Crippen molar-refractivity contribution in [3.8, 4) is 0 Å². The molecule has 0 saturated heterocycles. The largest absolute Gasteiger partial charge is 0.419 e. The van der Waals surface area contributed by atoms with Crippen LogP contribution in [0.3, 0.4) is 0 Å². The number of halogens is 9. The van der Waals surface area contributed by atoms with Crippen LogP contribution in [0.15, 0.2) is 42.5 Å². The number of hydrogen-bond donors (Lipinski definition) is 1. The zero-order chi connectivity index (χ0) is 31.3. The fourth-order valence-electron chi connectivity index (χ4n) is 4.74. The van der Waals surface area contributed by atoms with Crippen LogP contribution in [-0.4, -0.2) is 21.8 Å². The van der Waals surface area contributed by atoms with Gasteiger partial charge in [0.2, 0.25) is 5.91 Å². The number of alkyl halides is 5. The van der Waals surface area contributed by atoms with Crippen LogP contribution in [0.4, 0.5) is 32.0 Å². The molecule has 3 aromatic rings. The number of ketones is 2. The molecule has 0 aromatic heterocycles. The third-order valence-corrected chi connectivity index (χ3v) is 8.26. The Morgan fingerprint density at radius 3 is 2.12 bits per heavy atom. The van der Waals surface area contributed by atoms with E-state index in [4.69, 9.17) is 34.8 Å². The monoisotopic (exact) mass is 649 g/mol. The highest BCUT2D eigenvalue weighted by Gasteiger charge is 2.67. The summed E-state index contributed by atoms with van der Waals surface area (Å²) < 4.78 is 80.1. The van der Waals surface area contributed by atoms with E-state index < -0.39 is 63.5 Å². The molecule has 1 saturated carbocycles. The van der Waals surface area contributed by atoms with Gasteiger partial charge in [-0.15, -0.1) is 23.2 Å². The molecule has 0 heterocycles. The SMILES string of the molecule is CC(=O)Cc1cc(CC(=O)c2cc(NC(=O)[C@H]3[C@H](c4ccc(F)c(C(F)(F)F)c4)C3(Cl)Cl)cc(C)c2Cl)c(F)cc1F. The Labute approximate surface area is 250 Å². The summed E-state index contributed by atoms with van der Waals surface area (Å²) in [7, 11) is 0. The second-order valence-electron chi connectivity index (χ2n) is 10.0. The first kappa shape index (κ1) is 31.8. The topological polar surface area (TPSA) is 63.2 Å². The smallest absolute Gasteiger partial charge is 0.326 e. The lowest BCUT2D eigenvalue weighted by atomic mass is 9.97. The van der Waals surface area contributed by atoms with Gasteiger partial charge in [-0.3, -0.25) is 14.4 Å². The van der Waals surface area contributed by atoms with Crippen LogP contribution < -0.4 is 5.32 Å². The van der Waals surface area contributed by atoms with Gasteiger partial charge in [0.25, 0.3) is 0 Å². The lowest BCUT2D eigenvalue weighted by Gasteiger charge is -2.13. The van der Waals surface area contributed by atoms with Crippen molar-refractivity contribution in [3.05, 3.63) is 98.3 Å². The van der Waals surface area contributed by atoms with Crippen LogP contribution in [0.25, 0.3) is 0 Å². The molecule has 3 aromatic carbocycles. The van der Waals surface area contributed by atoms with Gasteiger partial charge in [0, 0.05) is 36.1 Å². The summed E-state index contributed by atoms with van der Waals surface area (Å²) in [6.45, 7) is 2.76. The third-order valence-electron chi connectivity index (χ3n) is 6.82. The molecule has 1 amide bonds. The first-order valence-electron chi connectivity index (χ1n) is 12.3. The van der Waals surface area contributed by atoms with Crippen LogP contribution in [0.1, 0.15) is 51.0 Å². The van der Waals surface area contributed by atoms with Gasteiger partial charge in [-0.05, 0) is 66.4 Å². The fourth-order valence-corrected chi connectivity index (χ4v) is 5.78. The van der Waals surface area contributed by atoms with E-state index >= 15 is 0 Å². The molecule has 13 heteroatoms. The highest BCUT2D eigenvalue weighted by molar-refractivity contribution is 6.53. The van der Waals surface area contributed by atoms with E-state index in [1.54, 1.807) is 0 Å². The maximum absolute atomic E-state index is 14.5. The van der Waals surface area contributed by atoms with Crippen LogP contribution in [0.5, 0.6) is 0 Å². The molecule has 1 aliphatic rings. The second kappa shape index (κ2) is 11.5. The van der Waals surface area contributed by atoms with Crippen LogP contribution in [-0.2, 0) is 28.6 Å². The average molecular weight is 651 g/mol. The molecule has 0 aliphatic heterocycles. The molecule has 0 unspecified atom stereocenters. The van der Waals surface area contributed by atoms with Crippen molar-refractivity contribution in [3.63, 3.8) is 0 Å². The van der Waals surface area contributed by atoms with Crippen molar-refractivity contribution in [2.75, 3.05) is 5.32 Å². The molecule has 1 N–H and O–H groups in total. The number of amides is 1. The van der Waals surface area contributed by atoms with Gasteiger partial charge >= 0.3 is 6.18 Å². The van der Waals surface area contributed by atoms with E-state index in [1.807, 2.05) is 0 Å². The normalized spacial score (nSPS) is 17.6. The van der Waals surface area contributed by atoms with E-state index in [1.165, 1.54) is 26.0 Å². The minimum atomic E-state index is -4.98. The number of carbonyl (C=O) groups is 3. The summed E-state index contributed by atoms with van der Waals surface area (Å²) in [6, 6.07) is 6.52. The average Bonchev–Trinajstić information content (AvgIpc) is 3.45. The summed E-state index contributed by atoms with van der Waals surface area (Å²) >= 11 is 18.8. The highest BCUT2D eigenvalue weighted by Crippen LogP contribution is 2.65. The maximum Gasteiger partial charge on any atom is 0.419 e. The third kappa shape index (κ3) is 6.45. The lowest BCUT2D eigenvalue weighted by Crippen LogP contribution is -2.18. The van der Waals surface area contributed by atoms with Crippen molar-refractivity contribution in [1.82, 2.24) is 0 Å². The molecule has 2 atom stereocenters. The van der Waals surface area contributed by atoms with Crippen LogP contribution >= 0.6 is 34.8 Å².